The number of hydrogen-bond donors (Lipinski definition) is 1. The number of thiazole rings is 1. The van der Waals surface area contributed by atoms with Gasteiger partial charge in [0.1, 0.15) is 5.01 Å². The molecule has 2 rings (SSSR count). The molecule has 1 aliphatic rings. The Labute approximate surface area is 127 Å². The molecular weight excluding hydrogens is 266 g/mol. The molecular formula is C16H29N3S. The molecule has 114 valence electrons. The molecule has 1 aromatic rings. The van der Waals surface area contributed by atoms with E-state index in [4.69, 9.17) is 4.98 Å². The van der Waals surface area contributed by atoms with E-state index in [1.165, 1.54) is 49.4 Å². The second-order valence-corrected chi connectivity index (χ2v) is 7.10. The fourth-order valence-electron chi connectivity index (χ4n) is 2.31. The number of hydrogen-bond acceptors (Lipinski definition) is 4. The molecule has 0 aliphatic heterocycles. The van der Waals surface area contributed by atoms with Crippen LogP contribution in [0.3, 0.4) is 0 Å². The third-order valence-electron chi connectivity index (χ3n) is 3.86. The molecule has 3 nitrogen and oxygen atoms in total. The Hall–Kier alpha value is -0.450. The zero-order chi connectivity index (χ0) is 14.4. The van der Waals surface area contributed by atoms with Gasteiger partial charge in [-0.3, -0.25) is 4.90 Å². The molecule has 0 saturated heterocycles. The summed E-state index contributed by atoms with van der Waals surface area (Å²) in [6.07, 6.45) is 6.61. The zero-order valence-corrected chi connectivity index (χ0v) is 14.0. The fourth-order valence-corrected chi connectivity index (χ4v) is 3.05. The van der Waals surface area contributed by atoms with E-state index in [9.17, 15) is 0 Å². The van der Waals surface area contributed by atoms with Crippen LogP contribution in [0.5, 0.6) is 0 Å². The van der Waals surface area contributed by atoms with Crippen LogP contribution in [0, 0.1) is 0 Å². The first kappa shape index (κ1) is 15.9. The molecule has 0 atom stereocenters. The van der Waals surface area contributed by atoms with Crippen molar-refractivity contribution in [2.45, 2.75) is 78.0 Å². The smallest absolute Gasteiger partial charge is 0.107 e. The maximum absolute atomic E-state index is 4.77. The van der Waals surface area contributed by atoms with Crippen LogP contribution in [0.25, 0.3) is 0 Å². The number of nitrogens with zero attached hydrogens (tertiary/aromatic N) is 2. The highest BCUT2D eigenvalue weighted by molar-refractivity contribution is 7.09. The Balaban J connectivity index is 1.78. The third kappa shape index (κ3) is 5.51. The van der Waals surface area contributed by atoms with Crippen LogP contribution in [-0.2, 0) is 13.1 Å². The van der Waals surface area contributed by atoms with Gasteiger partial charge in [-0.15, -0.1) is 11.3 Å². The van der Waals surface area contributed by atoms with Crippen molar-refractivity contribution in [2.24, 2.45) is 0 Å². The normalized spacial score (nSPS) is 15.4. The Kier molecular flexibility index (Phi) is 6.46. The molecule has 0 radical (unpaired) electrons. The Bertz CT molecular complexity index is 385. The molecule has 0 spiro atoms. The summed E-state index contributed by atoms with van der Waals surface area (Å²) in [7, 11) is 0. The lowest BCUT2D eigenvalue weighted by Crippen LogP contribution is -2.31. The van der Waals surface area contributed by atoms with Crippen LogP contribution >= 0.6 is 11.3 Å². The molecule has 1 aliphatic carbocycles. The molecule has 0 unspecified atom stereocenters. The molecule has 1 heterocycles. The molecule has 0 bridgehead atoms. The van der Waals surface area contributed by atoms with Gasteiger partial charge in [-0.2, -0.15) is 0 Å². The monoisotopic (exact) mass is 295 g/mol. The lowest BCUT2D eigenvalue weighted by atomic mass is 10.2. The average molecular weight is 295 g/mol. The Morgan fingerprint density at radius 1 is 1.40 bits per heavy atom. The second-order valence-electron chi connectivity index (χ2n) is 6.16. The topological polar surface area (TPSA) is 28.2 Å². The first-order valence-corrected chi connectivity index (χ1v) is 8.97. The summed E-state index contributed by atoms with van der Waals surface area (Å²) < 4.78 is 0. The lowest BCUT2D eigenvalue weighted by Gasteiger charge is -2.25. The molecule has 4 heteroatoms. The molecule has 1 fully saturated rings. The van der Waals surface area contributed by atoms with Gasteiger partial charge in [-0.25, -0.2) is 4.98 Å². The van der Waals surface area contributed by atoms with Crippen LogP contribution < -0.4 is 5.32 Å². The molecule has 1 saturated carbocycles. The van der Waals surface area contributed by atoms with Gasteiger partial charge in [-0.1, -0.05) is 19.8 Å². The van der Waals surface area contributed by atoms with Crippen molar-refractivity contribution in [3.63, 3.8) is 0 Å². The maximum atomic E-state index is 4.77. The van der Waals surface area contributed by atoms with Crippen molar-refractivity contribution in [1.29, 1.82) is 0 Å². The maximum Gasteiger partial charge on any atom is 0.107 e. The zero-order valence-electron chi connectivity index (χ0n) is 13.2. The van der Waals surface area contributed by atoms with E-state index in [0.717, 1.165) is 19.1 Å². The van der Waals surface area contributed by atoms with Crippen LogP contribution in [0.4, 0.5) is 0 Å². The Morgan fingerprint density at radius 2 is 2.20 bits per heavy atom. The summed E-state index contributed by atoms with van der Waals surface area (Å²) in [4.78, 5) is 7.32. The van der Waals surface area contributed by atoms with Crippen LogP contribution in [0.15, 0.2) is 5.38 Å². The van der Waals surface area contributed by atoms with Crippen molar-refractivity contribution in [3.8, 4) is 0 Å². The Morgan fingerprint density at radius 3 is 2.85 bits per heavy atom. The average Bonchev–Trinajstić information content (AvgIpc) is 3.15. The van der Waals surface area contributed by atoms with E-state index in [-0.39, 0.29) is 0 Å². The summed E-state index contributed by atoms with van der Waals surface area (Å²) in [5, 5.41) is 7.01. The number of nitrogens with one attached hydrogen (secondary N) is 1. The standard InChI is InChI=1S/C16H29N3S/c1-4-5-6-9-19(13(2)3)11-15-12-20-16(18-15)10-17-14-7-8-14/h12-14,17H,4-11H2,1-3H3. The minimum Gasteiger partial charge on any atom is -0.308 e. The van der Waals surface area contributed by atoms with E-state index < -0.39 is 0 Å². The van der Waals surface area contributed by atoms with E-state index in [0.29, 0.717) is 6.04 Å². The summed E-state index contributed by atoms with van der Waals surface area (Å²) in [6, 6.07) is 1.37. The molecule has 1 N–H and O–H groups in total. The second kappa shape index (κ2) is 8.11. The predicted octanol–water partition coefficient (Wildman–Crippen LogP) is 3.80. The highest BCUT2D eigenvalue weighted by atomic mass is 32.1. The summed E-state index contributed by atoms with van der Waals surface area (Å²) in [5.74, 6) is 0. The fraction of sp³-hybridized carbons (Fsp3) is 0.812. The molecule has 0 aromatic carbocycles. The van der Waals surface area contributed by atoms with E-state index in [2.05, 4.69) is 36.4 Å². The largest absolute Gasteiger partial charge is 0.308 e. The van der Waals surface area contributed by atoms with Crippen LogP contribution in [0.2, 0.25) is 0 Å². The molecule has 20 heavy (non-hydrogen) atoms. The van der Waals surface area contributed by atoms with Crippen molar-refractivity contribution >= 4 is 11.3 Å². The highest BCUT2D eigenvalue weighted by Crippen LogP contribution is 2.20. The van der Waals surface area contributed by atoms with Crippen LogP contribution in [-0.4, -0.2) is 28.5 Å². The quantitative estimate of drug-likeness (QED) is 0.666. The first-order chi connectivity index (χ1) is 9.69. The molecule has 0 amide bonds. The van der Waals surface area contributed by atoms with Gasteiger partial charge in [0.15, 0.2) is 0 Å². The van der Waals surface area contributed by atoms with Gasteiger partial charge < -0.3 is 5.32 Å². The van der Waals surface area contributed by atoms with E-state index in [1.807, 2.05) is 0 Å². The summed E-state index contributed by atoms with van der Waals surface area (Å²) >= 11 is 1.80. The van der Waals surface area contributed by atoms with E-state index in [1.54, 1.807) is 11.3 Å². The molecule has 1 aromatic heterocycles. The predicted molar refractivity (Wildman–Crippen MR) is 87.0 cm³/mol. The number of unbranched alkanes of at least 4 members (excludes halogenated alkanes) is 2. The van der Waals surface area contributed by atoms with Crippen molar-refractivity contribution in [1.82, 2.24) is 15.2 Å². The van der Waals surface area contributed by atoms with Crippen LogP contribution in [0.1, 0.15) is 63.6 Å². The lowest BCUT2D eigenvalue weighted by molar-refractivity contribution is 0.206. The van der Waals surface area contributed by atoms with Gasteiger partial charge in [0.25, 0.3) is 0 Å². The van der Waals surface area contributed by atoms with Crippen molar-refractivity contribution < 1.29 is 0 Å². The first-order valence-electron chi connectivity index (χ1n) is 8.09. The van der Waals surface area contributed by atoms with Gasteiger partial charge in [0, 0.05) is 30.6 Å². The van der Waals surface area contributed by atoms with Gasteiger partial charge in [0.05, 0.1) is 5.69 Å². The van der Waals surface area contributed by atoms with Gasteiger partial charge in [0.2, 0.25) is 0 Å². The number of aromatic nitrogens is 1. The SMILES string of the molecule is CCCCCN(Cc1csc(CNC2CC2)n1)C(C)C. The van der Waals surface area contributed by atoms with Gasteiger partial charge in [-0.05, 0) is 39.7 Å². The van der Waals surface area contributed by atoms with Crippen molar-refractivity contribution in [2.75, 3.05) is 6.54 Å². The minimum atomic E-state index is 0.599. The summed E-state index contributed by atoms with van der Waals surface area (Å²) in [5.41, 5.74) is 1.24. The van der Waals surface area contributed by atoms with E-state index >= 15 is 0 Å². The van der Waals surface area contributed by atoms with Gasteiger partial charge >= 0.3 is 0 Å². The van der Waals surface area contributed by atoms with Crippen molar-refractivity contribution in [3.05, 3.63) is 16.1 Å². The number of rotatable bonds is 10. The highest BCUT2D eigenvalue weighted by Gasteiger charge is 2.20. The third-order valence-corrected chi connectivity index (χ3v) is 4.76. The summed E-state index contributed by atoms with van der Waals surface area (Å²) in [6.45, 7) is 9.98. The minimum absolute atomic E-state index is 0.599.